The summed E-state index contributed by atoms with van der Waals surface area (Å²) in [5, 5.41) is 11.0. The number of carbonyl (C=O) groups excluding carboxylic acids is 1. The lowest BCUT2D eigenvalue weighted by molar-refractivity contribution is 0.0959. The Hall–Kier alpha value is -2.30. The zero-order valence-electron chi connectivity index (χ0n) is 12.8. The van der Waals surface area contributed by atoms with E-state index in [9.17, 15) is 9.90 Å². The van der Waals surface area contributed by atoms with Gasteiger partial charge in [-0.2, -0.15) is 0 Å². The fraction of sp³-hybridized carbons (Fsp3) is 0.167. The largest absolute Gasteiger partial charge is 0.496 e. The Labute approximate surface area is 138 Å². The van der Waals surface area contributed by atoms with E-state index in [1.54, 1.807) is 22.8 Å². The lowest BCUT2D eigenvalue weighted by Crippen LogP contribution is -2.15. The summed E-state index contributed by atoms with van der Waals surface area (Å²) in [7, 11) is 1.51. The van der Waals surface area contributed by atoms with Crippen molar-refractivity contribution in [2.75, 3.05) is 7.11 Å². The summed E-state index contributed by atoms with van der Waals surface area (Å²) in [6.07, 6.45) is 0. The molecule has 0 saturated carbocycles. The van der Waals surface area contributed by atoms with Crippen LogP contribution >= 0.6 is 11.6 Å². The number of aliphatic hydroxyl groups is 1. The Bertz CT molecular complexity index is 899. The van der Waals surface area contributed by atoms with Crippen LogP contribution in [-0.4, -0.2) is 22.7 Å². The third-order valence-corrected chi connectivity index (χ3v) is 4.23. The number of aliphatic hydroxyl groups excluding tert-OH is 1. The molecule has 0 amide bonds. The topological polar surface area (TPSA) is 51.5 Å². The van der Waals surface area contributed by atoms with Crippen molar-refractivity contribution in [1.82, 2.24) is 4.57 Å². The van der Waals surface area contributed by atoms with Crippen LogP contribution in [0.1, 0.15) is 21.6 Å². The summed E-state index contributed by atoms with van der Waals surface area (Å²) in [6.45, 7) is 1.69. The van der Waals surface area contributed by atoms with Crippen LogP contribution in [0.15, 0.2) is 42.5 Å². The second-order valence-corrected chi connectivity index (χ2v) is 5.66. The van der Waals surface area contributed by atoms with E-state index >= 15 is 0 Å². The van der Waals surface area contributed by atoms with Gasteiger partial charge in [-0.1, -0.05) is 29.8 Å². The van der Waals surface area contributed by atoms with Gasteiger partial charge < -0.3 is 9.84 Å². The number of rotatable bonds is 3. The van der Waals surface area contributed by atoms with Crippen LogP contribution in [0.2, 0.25) is 5.02 Å². The molecular formula is C18H16ClNO3. The predicted molar refractivity (Wildman–Crippen MR) is 90.3 cm³/mol. The number of fused-ring (bicyclic) bond motifs is 1. The number of methoxy groups -OCH3 is 1. The summed E-state index contributed by atoms with van der Waals surface area (Å²) >= 11 is 6.04. The first-order chi connectivity index (χ1) is 11.1. The predicted octanol–water partition coefficient (Wildman–Crippen LogP) is 3.79. The molecule has 0 bridgehead atoms. The van der Waals surface area contributed by atoms with Crippen molar-refractivity contribution in [1.29, 1.82) is 0 Å². The standard InChI is InChI=1S/C18H16ClNO3/c1-11-15(10-21)13-5-3-4-6-16(13)20(11)18(22)14-9-12(19)7-8-17(14)23-2/h3-9,21H,10H2,1-2H3. The van der Waals surface area contributed by atoms with Gasteiger partial charge in [0, 0.05) is 21.7 Å². The molecule has 0 atom stereocenters. The van der Waals surface area contributed by atoms with E-state index in [1.807, 2.05) is 31.2 Å². The zero-order chi connectivity index (χ0) is 16.6. The number of hydrogen-bond acceptors (Lipinski definition) is 3. The smallest absolute Gasteiger partial charge is 0.266 e. The normalized spacial score (nSPS) is 11.0. The molecule has 0 aliphatic rings. The molecule has 3 rings (SSSR count). The zero-order valence-corrected chi connectivity index (χ0v) is 13.6. The maximum atomic E-state index is 13.1. The molecule has 0 aliphatic heterocycles. The minimum absolute atomic E-state index is 0.126. The molecule has 1 N–H and O–H groups in total. The molecule has 0 fully saturated rings. The van der Waals surface area contributed by atoms with Gasteiger partial charge in [0.1, 0.15) is 5.75 Å². The minimum atomic E-state index is -0.238. The number of ether oxygens (including phenoxy) is 1. The van der Waals surface area contributed by atoms with E-state index in [0.29, 0.717) is 22.0 Å². The SMILES string of the molecule is COc1ccc(Cl)cc1C(=O)n1c(C)c(CO)c2ccccc21. The highest BCUT2D eigenvalue weighted by Gasteiger charge is 2.21. The van der Waals surface area contributed by atoms with E-state index in [4.69, 9.17) is 16.3 Å². The van der Waals surface area contributed by atoms with Crippen LogP contribution in [0.25, 0.3) is 10.9 Å². The Balaban J connectivity index is 2.27. The molecule has 118 valence electrons. The molecule has 0 spiro atoms. The van der Waals surface area contributed by atoms with E-state index in [0.717, 1.165) is 16.5 Å². The van der Waals surface area contributed by atoms with Gasteiger partial charge in [-0.05, 0) is 31.2 Å². The molecule has 2 aromatic carbocycles. The number of benzene rings is 2. The Morgan fingerprint density at radius 1 is 1.26 bits per heavy atom. The fourth-order valence-electron chi connectivity index (χ4n) is 2.86. The van der Waals surface area contributed by atoms with Crippen LogP contribution in [-0.2, 0) is 6.61 Å². The van der Waals surface area contributed by atoms with Crippen molar-refractivity contribution in [3.8, 4) is 5.75 Å². The van der Waals surface area contributed by atoms with Crippen LogP contribution < -0.4 is 4.74 Å². The Morgan fingerprint density at radius 2 is 2.00 bits per heavy atom. The molecule has 0 aliphatic carbocycles. The maximum Gasteiger partial charge on any atom is 0.266 e. The summed E-state index contributed by atoms with van der Waals surface area (Å²) in [4.78, 5) is 13.1. The van der Waals surface area contributed by atoms with Gasteiger partial charge in [-0.3, -0.25) is 9.36 Å². The highest BCUT2D eigenvalue weighted by atomic mass is 35.5. The summed E-state index contributed by atoms with van der Waals surface area (Å²) in [6, 6.07) is 12.4. The molecule has 4 nitrogen and oxygen atoms in total. The molecule has 5 heteroatoms. The van der Waals surface area contributed by atoms with Gasteiger partial charge in [0.25, 0.3) is 5.91 Å². The average molecular weight is 330 g/mol. The fourth-order valence-corrected chi connectivity index (χ4v) is 3.04. The second kappa shape index (κ2) is 6.07. The number of para-hydroxylation sites is 1. The third kappa shape index (κ3) is 2.50. The minimum Gasteiger partial charge on any atom is -0.496 e. The third-order valence-electron chi connectivity index (χ3n) is 4.00. The molecule has 23 heavy (non-hydrogen) atoms. The number of carbonyl (C=O) groups is 1. The molecule has 0 saturated heterocycles. The van der Waals surface area contributed by atoms with Gasteiger partial charge >= 0.3 is 0 Å². The Morgan fingerprint density at radius 3 is 2.70 bits per heavy atom. The van der Waals surface area contributed by atoms with Crippen molar-refractivity contribution in [2.45, 2.75) is 13.5 Å². The van der Waals surface area contributed by atoms with E-state index in [-0.39, 0.29) is 12.5 Å². The summed E-state index contributed by atoms with van der Waals surface area (Å²) in [5.41, 5.74) is 2.59. The van der Waals surface area contributed by atoms with Gasteiger partial charge in [-0.15, -0.1) is 0 Å². The van der Waals surface area contributed by atoms with Gasteiger partial charge in [0.15, 0.2) is 0 Å². The van der Waals surface area contributed by atoms with Crippen LogP contribution in [0, 0.1) is 6.92 Å². The van der Waals surface area contributed by atoms with E-state index in [1.165, 1.54) is 7.11 Å². The number of hydrogen-bond donors (Lipinski definition) is 1. The van der Waals surface area contributed by atoms with Gasteiger partial charge in [0.2, 0.25) is 0 Å². The van der Waals surface area contributed by atoms with E-state index < -0.39 is 0 Å². The Kier molecular flexibility index (Phi) is 4.11. The van der Waals surface area contributed by atoms with Crippen LogP contribution in [0.4, 0.5) is 0 Å². The van der Waals surface area contributed by atoms with Crippen molar-refractivity contribution >= 4 is 28.4 Å². The van der Waals surface area contributed by atoms with Gasteiger partial charge in [0.05, 0.1) is 24.8 Å². The number of halogens is 1. The quantitative estimate of drug-likeness (QED) is 0.795. The summed E-state index contributed by atoms with van der Waals surface area (Å²) < 4.78 is 6.88. The number of nitrogens with zero attached hydrogens (tertiary/aromatic N) is 1. The molecule has 0 radical (unpaired) electrons. The van der Waals surface area contributed by atoms with Crippen molar-refractivity contribution in [2.24, 2.45) is 0 Å². The first-order valence-corrected chi connectivity index (χ1v) is 7.54. The lowest BCUT2D eigenvalue weighted by Gasteiger charge is -2.11. The average Bonchev–Trinajstić information content (AvgIpc) is 2.85. The van der Waals surface area contributed by atoms with Crippen LogP contribution in [0.3, 0.4) is 0 Å². The first kappa shape index (κ1) is 15.6. The molecule has 1 heterocycles. The molecule has 0 unspecified atom stereocenters. The van der Waals surface area contributed by atoms with Crippen LogP contribution in [0.5, 0.6) is 5.75 Å². The van der Waals surface area contributed by atoms with Gasteiger partial charge in [-0.25, -0.2) is 0 Å². The van der Waals surface area contributed by atoms with Crippen molar-refractivity contribution < 1.29 is 14.6 Å². The second-order valence-electron chi connectivity index (χ2n) is 5.22. The maximum absolute atomic E-state index is 13.1. The van der Waals surface area contributed by atoms with Crippen molar-refractivity contribution in [3.63, 3.8) is 0 Å². The van der Waals surface area contributed by atoms with Crippen molar-refractivity contribution in [3.05, 3.63) is 64.3 Å². The molecule has 1 aromatic heterocycles. The monoisotopic (exact) mass is 329 g/mol. The van der Waals surface area contributed by atoms with E-state index in [2.05, 4.69) is 0 Å². The lowest BCUT2D eigenvalue weighted by atomic mass is 10.1. The highest BCUT2D eigenvalue weighted by Crippen LogP contribution is 2.30. The summed E-state index contributed by atoms with van der Waals surface area (Å²) in [5.74, 6) is 0.222. The number of aromatic nitrogens is 1. The highest BCUT2D eigenvalue weighted by molar-refractivity contribution is 6.31. The molecular weight excluding hydrogens is 314 g/mol. The first-order valence-electron chi connectivity index (χ1n) is 7.16. The molecule has 3 aromatic rings.